The van der Waals surface area contributed by atoms with Crippen LogP contribution in [0.4, 0.5) is 0 Å². The molecule has 21 heavy (non-hydrogen) atoms. The zero-order chi connectivity index (χ0) is 14.7. The maximum absolute atomic E-state index is 12.4. The minimum atomic E-state index is 0.263. The highest BCUT2D eigenvalue weighted by Crippen LogP contribution is 2.23. The number of nitrogens with zero attached hydrogens (tertiary/aromatic N) is 1. The standard InChI is InChI=1S/C18H25NO2/c1-2-21-17-8-10-19(11-9-17)13-18(20)16-7-6-14-4-3-5-15(14)12-16/h6-7,12,17H,2-5,8-11,13H2,1H3. The first-order chi connectivity index (χ1) is 10.3. The number of hydrogen-bond acceptors (Lipinski definition) is 3. The van der Waals surface area contributed by atoms with Crippen LogP contribution in [0.2, 0.25) is 0 Å². The number of ketones is 1. The van der Waals surface area contributed by atoms with E-state index in [0.717, 1.165) is 44.5 Å². The van der Waals surface area contributed by atoms with Gasteiger partial charge in [0, 0.05) is 25.3 Å². The summed E-state index contributed by atoms with van der Waals surface area (Å²) in [6, 6.07) is 6.29. The summed E-state index contributed by atoms with van der Waals surface area (Å²) >= 11 is 0. The largest absolute Gasteiger partial charge is 0.378 e. The van der Waals surface area contributed by atoms with Gasteiger partial charge in [0.25, 0.3) is 0 Å². The Labute approximate surface area is 127 Å². The lowest BCUT2D eigenvalue weighted by Gasteiger charge is -2.31. The van der Waals surface area contributed by atoms with Crippen molar-refractivity contribution in [3.8, 4) is 0 Å². The van der Waals surface area contributed by atoms with Gasteiger partial charge >= 0.3 is 0 Å². The molecule has 1 heterocycles. The molecule has 0 N–H and O–H groups in total. The maximum Gasteiger partial charge on any atom is 0.176 e. The lowest BCUT2D eigenvalue weighted by atomic mass is 10.0. The molecule has 0 unspecified atom stereocenters. The van der Waals surface area contributed by atoms with Crippen molar-refractivity contribution < 1.29 is 9.53 Å². The number of Topliss-reactive ketones (excluding diaryl/α,β-unsaturated/α-hetero) is 1. The van der Waals surface area contributed by atoms with Crippen molar-refractivity contribution in [2.24, 2.45) is 0 Å². The fourth-order valence-electron chi connectivity index (χ4n) is 3.51. The summed E-state index contributed by atoms with van der Waals surface area (Å²) in [6.45, 7) is 5.34. The molecule has 0 saturated carbocycles. The molecule has 0 bridgehead atoms. The number of benzene rings is 1. The van der Waals surface area contributed by atoms with Gasteiger partial charge in [-0.2, -0.15) is 0 Å². The van der Waals surface area contributed by atoms with Gasteiger partial charge in [0.15, 0.2) is 5.78 Å². The molecule has 2 aliphatic rings. The quantitative estimate of drug-likeness (QED) is 0.780. The second-order valence-corrected chi connectivity index (χ2v) is 6.19. The molecule has 0 radical (unpaired) electrons. The van der Waals surface area contributed by atoms with Crippen LogP contribution in [-0.2, 0) is 17.6 Å². The number of rotatable bonds is 5. The summed E-state index contributed by atoms with van der Waals surface area (Å²) < 4.78 is 5.66. The topological polar surface area (TPSA) is 29.5 Å². The first kappa shape index (κ1) is 14.7. The van der Waals surface area contributed by atoms with E-state index in [4.69, 9.17) is 4.74 Å². The van der Waals surface area contributed by atoms with E-state index in [1.165, 1.54) is 24.0 Å². The van der Waals surface area contributed by atoms with Gasteiger partial charge in [-0.1, -0.05) is 12.1 Å². The maximum atomic E-state index is 12.4. The van der Waals surface area contributed by atoms with E-state index in [9.17, 15) is 4.79 Å². The molecule has 3 heteroatoms. The smallest absolute Gasteiger partial charge is 0.176 e. The Morgan fingerprint density at radius 3 is 2.76 bits per heavy atom. The lowest BCUT2D eigenvalue weighted by molar-refractivity contribution is 0.0147. The van der Waals surface area contributed by atoms with Crippen LogP contribution >= 0.6 is 0 Å². The Kier molecular flexibility index (Phi) is 4.71. The Bertz CT molecular complexity index is 504. The van der Waals surface area contributed by atoms with Gasteiger partial charge < -0.3 is 4.74 Å². The van der Waals surface area contributed by atoms with Crippen molar-refractivity contribution in [2.45, 2.75) is 45.1 Å². The van der Waals surface area contributed by atoms with Crippen molar-refractivity contribution >= 4 is 5.78 Å². The number of ether oxygens (including phenoxy) is 1. The predicted octanol–water partition coefficient (Wildman–Crippen LogP) is 2.86. The van der Waals surface area contributed by atoms with Crippen LogP contribution < -0.4 is 0 Å². The van der Waals surface area contributed by atoms with Crippen molar-refractivity contribution in [1.82, 2.24) is 4.90 Å². The first-order valence-corrected chi connectivity index (χ1v) is 8.25. The highest BCUT2D eigenvalue weighted by atomic mass is 16.5. The molecule has 3 nitrogen and oxygen atoms in total. The minimum absolute atomic E-state index is 0.263. The summed E-state index contributed by atoms with van der Waals surface area (Å²) in [7, 11) is 0. The fourth-order valence-corrected chi connectivity index (χ4v) is 3.51. The van der Waals surface area contributed by atoms with Gasteiger partial charge in [0.2, 0.25) is 0 Å². The van der Waals surface area contributed by atoms with Crippen LogP contribution in [0.1, 0.15) is 47.7 Å². The molecule has 3 rings (SSSR count). The Morgan fingerprint density at radius 2 is 2.00 bits per heavy atom. The van der Waals surface area contributed by atoms with Crippen molar-refractivity contribution in [3.05, 3.63) is 34.9 Å². The number of hydrogen-bond donors (Lipinski definition) is 0. The van der Waals surface area contributed by atoms with Gasteiger partial charge in [0.05, 0.1) is 12.6 Å². The summed E-state index contributed by atoms with van der Waals surface area (Å²) in [6.07, 6.45) is 6.03. The van der Waals surface area contributed by atoms with Crippen LogP contribution in [0.5, 0.6) is 0 Å². The van der Waals surface area contributed by atoms with E-state index in [1.54, 1.807) is 0 Å². The molecule has 1 aliphatic carbocycles. The number of fused-ring (bicyclic) bond motifs is 1. The Hall–Kier alpha value is -1.19. The zero-order valence-corrected chi connectivity index (χ0v) is 12.9. The molecule has 0 amide bonds. The summed E-state index contributed by atoms with van der Waals surface area (Å²) in [5, 5.41) is 0. The van der Waals surface area contributed by atoms with Gasteiger partial charge in [-0.3, -0.25) is 9.69 Å². The normalized spacial score (nSPS) is 19.7. The van der Waals surface area contributed by atoms with Crippen LogP contribution in [0.3, 0.4) is 0 Å². The molecule has 1 aromatic rings. The highest BCUT2D eigenvalue weighted by Gasteiger charge is 2.22. The first-order valence-electron chi connectivity index (χ1n) is 8.25. The average molecular weight is 287 g/mol. The molecule has 0 aromatic heterocycles. The van der Waals surface area contributed by atoms with Gasteiger partial charge in [-0.05, 0) is 56.2 Å². The number of likely N-dealkylation sites (tertiary alicyclic amines) is 1. The van der Waals surface area contributed by atoms with E-state index >= 15 is 0 Å². The number of carbonyl (C=O) groups is 1. The number of carbonyl (C=O) groups excluding carboxylic acids is 1. The van der Waals surface area contributed by atoms with Crippen molar-refractivity contribution in [2.75, 3.05) is 26.2 Å². The number of aryl methyl sites for hydroxylation is 2. The van der Waals surface area contributed by atoms with Gasteiger partial charge in [0.1, 0.15) is 0 Å². The molecule has 1 fully saturated rings. The molecular formula is C18H25NO2. The van der Waals surface area contributed by atoms with Crippen LogP contribution in [0.15, 0.2) is 18.2 Å². The van der Waals surface area contributed by atoms with E-state index in [2.05, 4.69) is 17.0 Å². The molecule has 1 aliphatic heterocycles. The molecule has 1 aromatic carbocycles. The summed E-state index contributed by atoms with van der Waals surface area (Å²) in [4.78, 5) is 14.7. The molecule has 114 valence electrons. The summed E-state index contributed by atoms with van der Waals surface area (Å²) in [5.41, 5.74) is 3.71. The Balaban J connectivity index is 1.55. The third-order valence-corrected chi connectivity index (χ3v) is 4.72. The van der Waals surface area contributed by atoms with E-state index in [0.29, 0.717) is 12.6 Å². The van der Waals surface area contributed by atoms with Crippen LogP contribution in [-0.4, -0.2) is 43.0 Å². The van der Waals surface area contributed by atoms with E-state index in [-0.39, 0.29) is 5.78 Å². The van der Waals surface area contributed by atoms with Crippen molar-refractivity contribution in [1.29, 1.82) is 0 Å². The third-order valence-electron chi connectivity index (χ3n) is 4.72. The highest BCUT2D eigenvalue weighted by molar-refractivity contribution is 5.97. The minimum Gasteiger partial charge on any atom is -0.378 e. The Morgan fingerprint density at radius 1 is 1.24 bits per heavy atom. The summed E-state index contributed by atoms with van der Waals surface area (Å²) in [5.74, 6) is 0.263. The molecule has 1 saturated heterocycles. The molecule has 0 atom stereocenters. The van der Waals surface area contributed by atoms with Crippen LogP contribution in [0, 0.1) is 0 Å². The van der Waals surface area contributed by atoms with E-state index < -0.39 is 0 Å². The molecular weight excluding hydrogens is 262 g/mol. The second-order valence-electron chi connectivity index (χ2n) is 6.19. The average Bonchev–Trinajstić information content (AvgIpc) is 2.97. The lowest BCUT2D eigenvalue weighted by Crippen LogP contribution is -2.39. The van der Waals surface area contributed by atoms with Crippen LogP contribution in [0.25, 0.3) is 0 Å². The van der Waals surface area contributed by atoms with E-state index in [1.807, 2.05) is 13.0 Å². The predicted molar refractivity (Wildman–Crippen MR) is 83.9 cm³/mol. The number of piperidine rings is 1. The second kappa shape index (κ2) is 6.71. The van der Waals surface area contributed by atoms with Crippen molar-refractivity contribution in [3.63, 3.8) is 0 Å². The SMILES string of the molecule is CCOC1CCN(CC(=O)c2ccc3c(c2)CCC3)CC1. The third kappa shape index (κ3) is 3.53. The fraction of sp³-hybridized carbons (Fsp3) is 0.611. The van der Waals surface area contributed by atoms with Gasteiger partial charge in [-0.25, -0.2) is 0 Å². The molecule has 0 spiro atoms. The van der Waals surface area contributed by atoms with Gasteiger partial charge in [-0.15, -0.1) is 0 Å². The zero-order valence-electron chi connectivity index (χ0n) is 12.9. The monoisotopic (exact) mass is 287 g/mol.